The zero-order chi connectivity index (χ0) is 19.5. The van der Waals surface area contributed by atoms with Gasteiger partial charge in [-0.1, -0.05) is 18.2 Å². The standard InChI is InChI=1S/C21H19N5O2/c22-12-16-10-21(24-20-7-6-18(26(27)28)11-19(16)20)23-13-15-8-9-25(14-15)17-4-2-1-3-5-17/h1-7,10-11,15H,8-9,13-14H2,(H,23,24). The van der Waals surface area contributed by atoms with Crippen LogP contribution >= 0.6 is 0 Å². The lowest BCUT2D eigenvalue weighted by molar-refractivity contribution is -0.384. The summed E-state index contributed by atoms with van der Waals surface area (Å²) in [4.78, 5) is 17.4. The number of pyridine rings is 1. The number of non-ortho nitro benzene ring substituents is 1. The van der Waals surface area contributed by atoms with Gasteiger partial charge in [0.05, 0.1) is 22.1 Å². The summed E-state index contributed by atoms with van der Waals surface area (Å²) in [6.07, 6.45) is 1.09. The summed E-state index contributed by atoms with van der Waals surface area (Å²) in [5, 5.41) is 24.3. The number of anilines is 2. The molecule has 0 amide bonds. The highest BCUT2D eigenvalue weighted by molar-refractivity contribution is 5.88. The number of nitriles is 1. The minimum absolute atomic E-state index is 0.0431. The molecule has 1 fully saturated rings. The first-order chi connectivity index (χ1) is 13.6. The number of nitro groups is 1. The Kier molecular flexibility index (Phi) is 4.77. The van der Waals surface area contributed by atoms with Crippen molar-refractivity contribution in [3.05, 3.63) is 70.3 Å². The van der Waals surface area contributed by atoms with Crippen LogP contribution in [0.15, 0.2) is 54.6 Å². The predicted molar refractivity (Wildman–Crippen MR) is 108 cm³/mol. The maximum Gasteiger partial charge on any atom is 0.270 e. The predicted octanol–water partition coefficient (Wildman–Crippen LogP) is 3.95. The van der Waals surface area contributed by atoms with Gasteiger partial charge in [-0.2, -0.15) is 5.26 Å². The fraction of sp³-hybridized carbons (Fsp3) is 0.238. The Bertz CT molecular complexity index is 1060. The first-order valence-electron chi connectivity index (χ1n) is 9.17. The van der Waals surface area contributed by atoms with Crippen LogP contribution in [-0.2, 0) is 0 Å². The molecule has 28 heavy (non-hydrogen) atoms. The molecule has 3 aromatic rings. The summed E-state index contributed by atoms with van der Waals surface area (Å²) in [6.45, 7) is 2.76. The number of nitro benzene ring substituents is 1. The Morgan fingerprint density at radius 2 is 2.07 bits per heavy atom. The number of rotatable bonds is 5. The summed E-state index contributed by atoms with van der Waals surface area (Å²) in [7, 11) is 0. The summed E-state index contributed by atoms with van der Waals surface area (Å²) in [5.74, 6) is 1.11. The molecule has 1 atom stereocenters. The minimum atomic E-state index is -0.467. The monoisotopic (exact) mass is 373 g/mol. The van der Waals surface area contributed by atoms with Gasteiger partial charge in [-0.15, -0.1) is 0 Å². The SMILES string of the molecule is N#Cc1cc(NCC2CCN(c3ccccc3)C2)nc2ccc([N+](=O)[O-])cc12. The molecule has 2 heterocycles. The average molecular weight is 373 g/mol. The van der Waals surface area contributed by atoms with Gasteiger partial charge in [-0.25, -0.2) is 4.98 Å². The summed E-state index contributed by atoms with van der Waals surface area (Å²) >= 11 is 0. The molecule has 1 N–H and O–H groups in total. The molecular weight excluding hydrogens is 354 g/mol. The number of fused-ring (bicyclic) bond motifs is 1. The molecule has 0 radical (unpaired) electrons. The molecule has 0 spiro atoms. The highest BCUT2D eigenvalue weighted by Gasteiger charge is 2.22. The van der Waals surface area contributed by atoms with Crippen molar-refractivity contribution >= 4 is 28.1 Å². The van der Waals surface area contributed by atoms with E-state index in [1.54, 1.807) is 12.1 Å². The van der Waals surface area contributed by atoms with Gasteiger partial charge >= 0.3 is 0 Å². The van der Waals surface area contributed by atoms with Crippen molar-refractivity contribution in [1.29, 1.82) is 5.26 Å². The Hall–Kier alpha value is -3.66. The van der Waals surface area contributed by atoms with Gasteiger partial charge in [0, 0.05) is 42.8 Å². The summed E-state index contributed by atoms with van der Waals surface area (Å²) in [5.41, 5.74) is 2.15. The number of nitrogens with one attached hydrogen (secondary N) is 1. The smallest absolute Gasteiger partial charge is 0.270 e. The van der Waals surface area contributed by atoms with Gasteiger partial charge in [-0.05, 0) is 36.6 Å². The Labute approximate surface area is 162 Å². The van der Waals surface area contributed by atoms with Gasteiger partial charge in [0.1, 0.15) is 5.82 Å². The van der Waals surface area contributed by atoms with E-state index in [0.717, 1.165) is 26.1 Å². The van der Waals surface area contributed by atoms with Crippen molar-refractivity contribution in [1.82, 2.24) is 4.98 Å². The Balaban J connectivity index is 1.47. The summed E-state index contributed by atoms with van der Waals surface area (Å²) in [6, 6.07) is 18.6. The van der Waals surface area contributed by atoms with Crippen LogP contribution in [0.4, 0.5) is 17.2 Å². The number of aromatic nitrogens is 1. The molecule has 7 nitrogen and oxygen atoms in total. The first-order valence-corrected chi connectivity index (χ1v) is 9.17. The zero-order valence-corrected chi connectivity index (χ0v) is 15.2. The average Bonchev–Trinajstić information content (AvgIpc) is 3.21. The van der Waals surface area contributed by atoms with Crippen LogP contribution in [-0.4, -0.2) is 29.5 Å². The molecule has 0 aliphatic carbocycles. The second-order valence-corrected chi connectivity index (χ2v) is 6.94. The van der Waals surface area contributed by atoms with Crippen molar-refractivity contribution in [3.63, 3.8) is 0 Å². The molecule has 2 aromatic carbocycles. The summed E-state index contributed by atoms with van der Waals surface area (Å²) < 4.78 is 0. The highest BCUT2D eigenvalue weighted by atomic mass is 16.6. The van der Waals surface area contributed by atoms with Crippen LogP contribution in [0.3, 0.4) is 0 Å². The van der Waals surface area contributed by atoms with E-state index >= 15 is 0 Å². The third kappa shape index (κ3) is 3.58. The second-order valence-electron chi connectivity index (χ2n) is 6.94. The Morgan fingerprint density at radius 3 is 2.82 bits per heavy atom. The van der Waals surface area contributed by atoms with Crippen molar-refractivity contribution in [2.24, 2.45) is 5.92 Å². The maximum absolute atomic E-state index is 11.0. The second kappa shape index (κ2) is 7.53. The minimum Gasteiger partial charge on any atom is -0.371 e. The van der Waals surface area contributed by atoms with Crippen LogP contribution in [0.5, 0.6) is 0 Å². The van der Waals surface area contributed by atoms with Gasteiger partial charge < -0.3 is 10.2 Å². The molecule has 1 aromatic heterocycles. The fourth-order valence-corrected chi connectivity index (χ4v) is 3.63. The molecule has 4 rings (SSSR count). The molecule has 140 valence electrons. The quantitative estimate of drug-likeness (QED) is 0.537. The van der Waals surface area contributed by atoms with Crippen molar-refractivity contribution in [2.75, 3.05) is 29.9 Å². The topological polar surface area (TPSA) is 95.1 Å². The first kappa shape index (κ1) is 17.7. The third-order valence-electron chi connectivity index (χ3n) is 5.10. The van der Waals surface area contributed by atoms with Crippen LogP contribution in [0.2, 0.25) is 0 Å². The van der Waals surface area contributed by atoms with Crippen molar-refractivity contribution < 1.29 is 4.92 Å². The molecular formula is C21H19N5O2. The van der Waals surface area contributed by atoms with E-state index in [9.17, 15) is 15.4 Å². The zero-order valence-electron chi connectivity index (χ0n) is 15.2. The fourth-order valence-electron chi connectivity index (χ4n) is 3.63. The lowest BCUT2D eigenvalue weighted by Crippen LogP contribution is -2.22. The molecule has 0 bridgehead atoms. The third-order valence-corrected chi connectivity index (χ3v) is 5.10. The van der Waals surface area contributed by atoms with E-state index in [1.807, 2.05) is 18.2 Å². The normalized spacial score (nSPS) is 16.1. The number of hydrogen-bond acceptors (Lipinski definition) is 6. The van der Waals surface area contributed by atoms with E-state index in [2.05, 4.69) is 33.4 Å². The van der Waals surface area contributed by atoms with Crippen LogP contribution < -0.4 is 10.2 Å². The maximum atomic E-state index is 11.0. The van der Waals surface area contributed by atoms with Gasteiger partial charge in [0.15, 0.2) is 0 Å². The van der Waals surface area contributed by atoms with Gasteiger partial charge in [0.2, 0.25) is 0 Å². The molecule has 1 aliphatic rings. The van der Waals surface area contributed by atoms with E-state index in [1.165, 1.54) is 17.8 Å². The van der Waals surface area contributed by atoms with Crippen LogP contribution in [0.25, 0.3) is 10.9 Å². The van der Waals surface area contributed by atoms with E-state index in [4.69, 9.17) is 0 Å². The number of nitrogens with zero attached hydrogens (tertiary/aromatic N) is 4. The lowest BCUT2D eigenvalue weighted by atomic mass is 10.1. The number of benzene rings is 2. The van der Waals surface area contributed by atoms with E-state index < -0.39 is 4.92 Å². The Morgan fingerprint density at radius 1 is 1.25 bits per heavy atom. The number of hydrogen-bond donors (Lipinski definition) is 1. The van der Waals surface area contributed by atoms with Crippen molar-refractivity contribution in [3.8, 4) is 6.07 Å². The highest BCUT2D eigenvalue weighted by Crippen LogP contribution is 2.26. The molecule has 1 saturated heterocycles. The van der Waals surface area contributed by atoms with Crippen LogP contribution in [0, 0.1) is 27.4 Å². The molecule has 0 saturated carbocycles. The molecule has 7 heteroatoms. The largest absolute Gasteiger partial charge is 0.371 e. The van der Waals surface area contributed by atoms with E-state index in [0.29, 0.717) is 28.2 Å². The number of para-hydroxylation sites is 1. The van der Waals surface area contributed by atoms with E-state index in [-0.39, 0.29) is 5.69 Å². The van der Waals surface area contributed by atoms with Gasteiger partial charge in [-0.3, -0.25) is 10.1 Å². The van der Waals surface area contributed by atoms with Crippen LogP contribution in [0.1, 0.15) is 12.0 Å². The van der Waals surface area contributed by atoms with Crippen molar-refractivity contribution in [2.45, 2.75) is 6.42 Å². The lowest BCUT2D eigenvalue weighted by Gasteiger charge is -2.19. The van der Waals surface area contributed by atoms with Gasteiger partial charge in [0.25, 0.3) is 5.69 Å². The molecule has 1 aliphatic heterocycles. The molecule has 1 unspecified atom stereocenters.